The summed E-state index contributed by atoms with van der Waals surface area (Å²) in [7, 11) is 0. The summed E-state index contributed by atoms with van der Waals surface area (Å²) < 4.78 is 11.2. The predicted molar refractivity (Wildman–Crippen MR) is 121 cm³/mol. The Bertz CT molecular complexity index is 909. The van der Waals surface area contributed by atoms with Crippen molar-refractivity contribution in [3.05, 3.63) is 54.4 Å². The van der Waals surface area contributed by atoms with Crippen molar-refractivity contribution in [2.24, 2.45) is 0 Å². The number of aryl methyl sites for hydroxylation is 1. The molecule has 0 unspecified atom stereocenters. The van der Waals surface area contributed by atoms with Crippen LogP contribution in [0.5, 0.6) is 11.5 Å². The zero-order chi connectivity index (χ0) is 21.2. The SMILES string of the molecule is CCCCCCc1nnc(-c2ccc(OCC)cc2)c(-c2ccc(OCC)cc2)n1. The molecular weight excluding hydrogens is 374 g/mol. The maximum absolute atomic E-state index is 5.59. The monoisotopic (exact) mass is 405 g/mol. The van der Waals surface area contributed by atoms with Crippen molar-refractivity contribution >= 4 is 0 Å². The molecule has 0 spiro atoms. The van der Waals surface area contributed by atoms with Gasteiger partial charge in [-0.25, -0.2) is 4.98 Å². The Morgan fingerprint density at radius 3 is 1.73 bits per heavy atom. The van der Waals surface area contributed by atoms with Gasteiger partial charge >= 0.3 is 0 Å². The number of unbranched alkanes of at least 4 members (excludes halogenated alkanes) is 3. The van der Waals surface area contributed by atoms with Crippen molar-refractivity contribution < 1.29 is 9.47 Å². The van der Waals surface area contributed by atoms with E-state index in [1.807, 2.05) is 62.4 Å². The molecule has 0 amide bonds. The molecule has 0 aliphatic carbocycles. The van der Waals surface area contributed by atoms with Gasteiger partial charge in [-0.1, -0.05) is 26.2 Å². The molecule has 0 radical (unpaired) electrons. The largest absolute Gasteiger partial charge is 0.494 e. The lowest BCUT2D eigenvalue weighted by Crippen LogP contribution is -2.03. The summed E-state index contributed by atoms with van der Waals surface area (Å²) in [5.74, 6) is 2.49. The number of nitrogens with zero attached hydrogens (tertiary/aromatic N) is 3. The van der Waals surface area contributed by atoms with Gasteiger partial charge in [0.2, 0.25) is 0 Å². The summed E-state index contributed by atoms with van der Waals surface area (Å²) >= 11 is 0. The van der Waals surface area contributed by atoms with E-state index in [4.69, 9.17) is 14.5 Å². The molecule has 0 fully saturated rings. The summed E-state index contributed by atoms with van der Waals surface area (Å²) in [6.07, 6.45) is 5.58. The van der Waals surface area contributed by atoms with Crippen LogP contribution in [0.25, 0.3) is 22.5 Å². The predicted octanol–water partition coefficient (Wildman–Crippen LogP) is 6.13. The fourth-order valence-electron chi connectivity index (χ4n) is 3.32. The Kier molecular flexibility index (Phi) is 8.19. The van der Waals surface area contributed by atoms with E-state index in [1.165, 1.54) is 19.3 Å². The molecule has 1 aromatic heterocycles. The van der Waals surface area contributed by atoms with Crippen LogP contribution < -0.4 is 9.47 Å². The topological polar surface area (TPSA) is 57.1 Å². The first kappa shape index (κ1) is 21.8. The van der Waals surface area contributed by atoms with Gasteiger partial charge in [0.15, 0.2) is 5.82 Å². The van der Waals surface area contributed by atoms with Crippen LogP contribution in [-0.2, 0) is 6.42 Å². The molecule has 30 heavy (non-hydrogen) atoms. The molecule has 0 saturated carbocycles. The molecule has 0 saturated heterocycles. The first-order chi connectivity index (χ1) is 14.7. The summed E-state index contributed by atoms with van der Waals surface area (Å²) in [4.78, 5) is 4.91. The van der Waals surface area contributed by atoms with E-state index >= 15 is 0 Å². The minimum absolute atomic E-state index is 0.644. The molecule has 0 aliphatic rings. The third kappa shape index (κ3) is 5.78. The van der Waals surface area contributed by atoms with Gasteiger partial charge in [0.05, 0.1) is 13.2 Å². The standard InChI is InChI=1S/C25H31N3O2/c1-4-7-8-9-10-23-26-24(19-11-15-21(16-12-19)29-5-2)25(28-27-23)20-13-17-22(18-14-20)30-6-3/h11-18H,4-10H2,1-3H3. The zero-order valence-corrected chi connectivity index (χ0v) is 18.2. The lowest BCUT2D eigenvalue weighted by molar-refractivity contribution is 0.340. The maximum Gasteiger partial charge on any atom is 0.151 e. The van der Waals surface area contributed by atoms with Gasteiger partial charge < -0.3 is 9.47 Å². The number of hydrogen-bond donors (Lipinski definition) is 0. The van der Waals surface area contributed by atoms with Crippen molar-refractivity contribution in [1.82, 2.24) is 15.2 Å². The van der Waals surface area contributed by atoms with Crippen LogP contribution in [0.3, 0.4) is 0 Å². The van der Waals surface area contributed by atoms with E-state index in [-0.39, 0.29) is 0 Å². The molecule has 5 nitrogen and oxygen atoms in total. The van der Waals surface area contributed by atoms with E-state index in [0.29, 0.717) is 13.2 Å². The van der Waals surface area contributed by atoms with E-state index in [2.05, 4.69) is 17.1 Å². The van der Waals surface area contributed by atoms with Crippen molar-refractivity contribution in [3.63, 3.8) is 0 Å². The normalized spacial score (nSPS) is 10.8. The average molecular weight is 406 g/mol. The molecule has 3 rings (SSSR count). The van der Waals surface area contributed by atoms with Gasteiger partial charge in [-0.2, -0.15) is 0 Å². The number of ether oxygens (including phenoxy) is 2. The fraction of sp³-hybridized carbons (Fsp3) is 0.400. The highest BCUT2D eigenvalue weighted by Gasteiger charge is 2.14. The highest BCUT2D eigenvalue weighted by molar-refractivity contribution is 5.77. The first-order valence-corrected chi connectivity index (χ1v) is 10.9. The quantitative estimate of drug-likeness (QED) is 0.359. The molecular formula is C25H31N3O2. The van der Waals surface area contributed by atoms with Crippen molar-refractivity contribution in [2.45, 2.75) is 52.9 Å². The summed E-state index contributed by atoms with van der Waals surface area (Å²) in [6, 6.07) is 16.0. The Labute approximate surface area is 179 Å². The smallest absolute Gasteiger partial charge is 0.151 e. The first-order valence-electron chi connectivity index (χ1n) is 10.9. The summed E-state index contributed by atoms with van der Waals surface area (Å²) in [5.41, 5.74) is 3.61. The summed E-state index contributed by atoms with van der Waals surface area (Å²) in [5, 5.41) is 9.00. The van der Waals surface area contributed by atoms with Gasteiger partial charge in [-0.05, 0) is 68.8 Å². The van der Waals surface area contributed by atoms with Crippen LogP contribution in [0, 0.1) is 0 Å². The van der Waals surface area contributed by atoms with E-state index in [0.717, 1.165) is 52.7 Å². The second-order valence-electron chi connectivity index (χ2n) is 7.15. The van der Waals surface area contributed by atoms with Gasteiger partial charge in [-0.15, -0.1) is 10.2 Å². The molecule has 2 aromatic carbocycles. The third-order valence-corrected chi connectivity index (χ3v) is 4.86. The minimum atomic E-state index is 0.644. The average Bonchev–Trinajstić information content (AvgIpc) is 2.78. The second kappa shape index (κ2) is 11.3. The maximum atomic E-state index is 5.59. The molecule has 3 aromatic rings. The number of hydrogen-bond acceptors (Lipinski definition) is 5. The highest BCUT2D eigenvalue weighted by Crippen LogP contribution is 2.30. The van der Waals surface area contributed by atoms with Crippen LogP contribution >= 0.6 is 0 Å². The lowest BCUT2D eigenvalue weighted by atomic mass is 10.0. The molecule has 158 valence electrons. The van der Waals surface area contributed by atoms with Gasteiger partial charge in [0, 0.05) is 17.5 Å². The Morgan fingerprint density at radius 2 is 1.20 bits per heavy atom. The Hall–Kier alpha value is -2.95. The highest BCUT2D eigenvalue weighted by atomic mass is 16.5. The molecule has 0 bridgehead atoms. The van der Waals surface area contributed by atoms with Crippen molar-refractivity contribution in [3.8, 4) is 34.0 Å². The van der Waals surface area contributed by atoms with E-state index in [9.17, 15) is 0 Å². The Morgan fingerprint density at radius 1 is 0.633 bits per heavy atom. The van der Waals surface area contributed by atoms with Gasteiger partial charge in [-0.3, -0.25) is 0 Å². The van der Waals surface area contributed by atoms with Crippen molar-refractivity contribution in [1.29, 1.82) is 0 Å². The van der Waals surface area contributed by atoms with Crippen LogP contribution in [0.15, 0.2) is 48.5 Å². The number of rotatable bonds is 11. The molecule has 1 heterocycles. The van der Waals surface area contributed by atoms with Gasteiger partial charge in [0.1, 0.15) is 22.9 Å². The fourth-order valence-corrected chi connectivity index (χ4v) is 3.32. The molecule has 0 N–H and O–H groups in total. The van der Waals surface area contributed by atoms with Crippen LogP contribution in [-0.4, -0.2) is 28.4 Å². The van der Waals surface area contributed by atoms with Crippen molar-refractivity contribution in [2.75, 3.05) is 13.2 Å². The summed E-state index contributed by atoms with van der Waals surface area (Å²) in [6.45, 7) is 7.47. The van der Waals surface area contributed by atoms with E-state index < -0.39 is 0 Å². The van der Waals surface area contributed by atoms with Crippen LogP contribution in [0.4, 0.5) is 0 Å². The minimum Gasteiger partial charge on any atom is -0.494 e. The van der Waals surface area contributed by atoms with E-state index in [1.54, 1.807) is 0 Å². The number of aromatic nitrogens is 3. The third-order valence-electron chi connectivity index (χ3n) is 4.86. The zero-order valence-electron chi connectivity index (χ0n) is 18.2. The van der Waals surface area contributed by atoms with Crippen LogP contribution in [0.2, 0.25) is 0 Å². The number of benzene rings is 2. The molecule has 0 atom stereocenters. The molecule has 0 aliphatic heterocycles. The Balaban J connectivity index is 1.93. The molecule has 5 heteroatoms. The second-order valence-corrected chi connectivity index (χ2v) is 7.15. The van der Waals surface area contributed by atoms with Crippen LogP contribution in [0.1, 0.15) is 52.3 Å². The van der Waals surface area contributed by atoms with Gasteiger partial charge in [0.25, 0.3) is 0 Å². The lowest BCUT2D eigenvalue weighted by Gasteiger charge is -2.11.